The first-order chi connectivity index (χ1) is 27.0. The van der Waals surface area contributed by atoms with E-state index in [1.807, 2.05) is 12.1 Å². The summed E-state index contributed by atoms with van der Waals surface area (Å²) in [6, 6.07) is 66.7. The first kappa shape index (κ1) is 32.7. The summed E-state index contributed by atoms with van der Waals surface area (Å²) >= 11 is 0. The van der Waals surface area contributed by atoms with Gasteiger partial charge in [0.05, 0.1) is 0 Å². The second-order valence-electron chi connectivity index (χ2n) is 14.8. The van der Waals surface area contributed by atoms with Gasteiger partial charge in [0.25, 0.3) is 0 Å². The number of aromatic nitrogens is 3. The van der Waals surface area contributed by atoms with Crippen molar-refractivity contribution in [1.29, 1.82) is 0 Å². The number of hydrogen-bond donors (Lipinski definition) is 0. The van der Waals surface area contributed by atoms with Crippen molar-refractivity contribution in [2.45, 2.75) is 19.3 Å². The van der Waals surface area contributed by atoms with Gasteiger partial charge in [-0.25, -0.2) is 15.0 Å². The molecule has 1 heterocycles. The minimum Gasteiger partial charge on any atom is -0.208 e. The lowest BCUT2D eigenvalue weighted by Crippen LogP contribution is -2.14. The zero-order valence-corrected chi connectivity index (χ0v) is 30.7. The highest BCUT2D eigenvalue weighted by Gasteiger charge is 2.35. The predicted molar refractivity (Wildman–Crippen MR) is 228 cm³/mol. The van der Waals surface area contributed by atoms with Gasteiger partial charge in [0.2, 0.25) is 0 Å². The van der Waals surface area contributed by atoms with Gasteiger partial charge in [-0.05, 0) is 85.1 Å². The third-order valence-corrected chi connectivity index (χ3v) is 11.1. The highest BCUT2D eigenvalue weighted by molar-refractivity contribution is 6.04. The van der Waals surface area contributed by atoms with E-state index in [9.17, 15) is 0 Å². The summed E-state index contributed by atoms with van der Waals surface area (Å²) in [5.41, 5.74) is 14.8. The summed E-state index contributed by atoms with van der Waals surface area (Å²) in [5, 5.41) is 2.33. The molecule has 0 N–H and O–H groups in total. The second-order valence-corrected chi connectivity index (χ2v) is 14.8. The molecule has 0 amide bonds. The number of nitrogens with zero attached hydrogens (tertiary/aromatic N) is 3. The molecule has 0 saturated carbocycles. The summed E-state index contributed by atoms with van der Waals surface area (Å²) < 4.78 is 0. The maximum atomic E-state index is 5.32. The molecule has 9 aromatic rings. The second kappa shape index (κ2) is 13.2. The quantitative estimate of drug-likeness (QED) is 0.173. The number of rotatable bonds is 6. The molecule has 1 aliphatic carbocycles. The Morgan fingerprint density at radius 1 is 0.327 bits per heavy atom. The van der Waals surface area contributed by atoms with Gasteiger partial charge in [-0.3, -0.25) is 0 Å². The fourth-order valence-corrected chi connectivity index (χ4v) is 8.34. The van der Waals surface area contributed by atoms with Crippen molar-refractivity contribution in [2.75, 3.05) is 0 Å². The van der Waals surface area contributed by atoms with Crippen LogP contribution in [0, 0.1) is 0 Å². The zero-order chi connectivity index (χ0) is 36.9. The van der Waals surface area contributed by atoms with Crippen molar-refractivity contribution in [3.8, 4) is 78.7 Å². The molecule has 0 fully saturated rings. The van der Waals surface area contributed by atoms with Crippen LogP contribution in [0.5, 0.6) is 0 Å². The maximum Gasteiger partial charge on any atom is 0.164 e. The average molecular weight is 704 g/mol. The smallest absolute Gasteiger partial charge is 0.164 e. The monoisotopic (exact) mass is 703 g/mol. The molecule has 0 bridgehead atoms. The van der Waals surface area contributed by atoms with E-state index in [0.29, 0.717) is 17.5 Å². The highest BCUT2D eigenvalue weighted by atomic mass is 15.0. The van der Waals surface area contributed by atoms with E-state index >= 15 is 0 Å². The van der Waals surface area contributed by atoms with E-state index in [2.05, 4.69) is 190 Å². The first-order valence-corrected chi connectivity index (χ1v) is 18.9. The summed E-state index contributed by atoms with van der Waals surface area (Å²) in [6.45, 7) is 4.66. The topological polar surface area (TPSA) is 38.7 Å². The van der Waals surface area contributed by atoms with E-state index in [-0.39, 0.29) is 5.41 Å². The van der Waals surface area contributed by atoms with Crippen LogP contribution in [0.1, 0.15) is 25.0 Å². The molecule has 0 spiro atoms. The standard InChI is InChI=1S/C52H37N3/c1-52(2)46-26-12-11-25-43(46)45-33-39(28-30-47(45)52)48-42-24-10-9-19-36(42)27-29-44(48)51-54-49(40-22-13-20-37(31-40)34-15-5-3-6-16-34)53-50(55-51)41-23-14-21-38(32-41)35-17-7-4-8-18-35/h3-33H,1-2H3. The number of hydrogen-bond acceptors (Lipinski definition) is 3. The Hall–Kier alpha value is -6.97. The Morgan fingerprint density at radius 2 is 0.855 bits per heavy atom. The molecule has 0 radical (unpaired) electrons. The lowest BCUT2D eigenvalue weighted by molar-refractivity contribution is 0.660. The Labute approximate surface area is 321 Å². The van der Waals surface area contributed by atoms with Crippen LogP contribution in [0.25, 0.3) is 89.4 Å². The predicted octanol–water partition coefficient (Wildman–Crippen LogP) is 13.3. The van der Waals surface area contributed by atoms with Crippen LogP contribution in [0.4, 0.5) is 0 Å². The Bertz CT molecular complexity index is 2790. The van der Waals surface area contributed by atoms with E-state index in [4.69, 9.17) is 15.0 Å². The Balaban J connectivity index is 1.21. The molecule has 55 heavy (non-hydrogen) atoms. The van der Waals surface area contributed by atoms with Crippen molar-refractivity contribution in [3.63, 3.8) is 0 Å². The lowest BCUT2D eigenvalue weighted by atomic mass is 9.82. The molecule has 0 saturated heterocycles. The third kappa shape index (κ3) is 5.73. The molecular weight excluding hydrogens is 667 g/mol. The Morgan fingerprint density at radius 3 is 1.53 bits per heavy atom. The lowest BCUT2D eigenvalue weighted by Gasteiger charge is -2.21. The van der Waals surface area contributed by atoms with Gasteiger partial charge in [-0.1, -0.05) is 178 Å². The maximum absolute atomic E-state index is 5.32. The van der Waals surface area contributed by atoms with Gasteiger partial charge in [0, 0.05) is 27.7 Å². The molecule has 3 heteroatoms. The molecule has 0 unspecified atom stereocenters. The van der Waals surface area contributed by atoms with Crippen LogP contribution < -0.4 is 0 Å². The molecule has 10 rings (SSSR count). The highest BCUT2D eigenvalue weighted by Crippen LogP contribution is 2.50. The van der Waals surface area contributed by atoms with Crippen LogP contribution in [-0.4, -0.2) is 15.0 Å². The summed E-state index contributed by atoms with van der Waals surface area (Å²) in [4.78, 5) is 15.8. The van der Waals surface area contributed by atoms with E-state index in [1.54, 1.807) is 0 Å². The fraction of sp³-hybridized carbons (Fsp3) is 0.0577. The summed E-state index contributed by atoms with van der Waals surface area (Å²) in [6.07, 6.45) is 0. The molecule has 1 aliphatic rings. The van der Waals surface area contributed by atoms with Gasteiger partial charge in [-0.2, -0.15) is 0 Å². The number of benzene rings is 8. The van der Waals surface area contributed by atoms with Gasteiger partial charge in [0.15, 0.2) is 17.5 Å². The first-order valence-electron chi connectivity index (χ1n) is 18.9. The van der Waals surface area contributed by atoms with Gasteiger partial charge < -0.3 is 0 Å². The van der Waals surface area contributed by atoms with Crippen LogP contribution in [0.15, 0.2) is 188 Å². The van der Waals surface area contributed by atoms with Crippen LogP contribution in [-0.2, 0) is 5.41 Å². The number of fused-ring (bicyclic) bond motifs is 4. The van der Waals surface area contributed by atoms with Crippen molar-refractivity contribution in [1.82, 2.24) is 15.0 Å². The summed E-state index contributed by atoms with van der Waals surface area (Å²) in [7, 11) is 0. The van der Waals surface area contributed by atoms with Crippen LogP contribution in [0.3, 0.4) is 0 Å². The minimum atomic E-state index is -0.0768. The van der Waals surface area contributed by atoms with Crippen molar-refractivity contribution in [2.24, 2.45) is 0 Å². The zero-order valence-electron chi connectivity index (χ0n) is 30.7. The molecule has 260 valence electrons. The molecule has 3 nitrogen and oxygen atoms in total. The van der Waals surface area contributed by atoms with Gasteiger partial charge >= 0.3 is 0 Å². The molecule has 1 aromatic heterocycles. The largest absolute Gasteiger partial charge is 0.208 e. The molecule has 0 atom stereocenters. The van der Waals surface area contributed by atoms with E-state index < -0.39 is 0 Å². The van der Waals surface area contributed by atoms with Crippen molar-refractivity contribution >= 4 is 10.8 Å². The molecule has 0 aliphatic heterocycles. The average Bonchev–Trinajstić information content (AvgIpc) is 3.49. The van der Waals surface area contributed by atoms with E-state index in [0.717, 1.165) is 55.5 Å². The van der Waals surface area contributed by atoms with Gasteiger partial charge in [-0.15, -0.1) is 0 Å². The van der Waals surface area contributed by atoms with Crippen LogP contribution >= 0.6 is 0 Å². The van der Waals surface area contributed by atoms with Gasteiger partial charge in [0.1, 0.15) is 0 Å². The van der Waals surface area contributed by atoms with E-state index in [1.165, 1.54) is 27.6 Å². The fourth-order valence-electron chi connectivity index (χ4n) is 8.34. The normalized spacial score (nSPS) is 12.7. The Kier molecular flexibility index (Phi) is 7.81. The third-order valence-electron chi connectivity index (χ3n) is 11.1. The SMILES string of the molecule is CC1(C)c2ccccc2-c2cc(-c3c(-c4nc(-c5cccc(-c6ccccc6)c5)nc(-c5cccc(-c6ccccc6)c5)n4)ccc4ccccc34)ccc21. The molecule has 8 aromatic carbocycles. The minimum absolute atomic E-state index is 0.0768. The summed E-state index contributed by atoms with van der Waals surface area (Å²) in [5.74, 6) is 1.90. The van der Waals surface area contributed by atoms with Crippen molar-refractivity contribution < 1.29 is 0 Å². The molecular formula is C52H37N3. The van der Waals surface area contributed by atoms with Crippen molar-refractivity contribution in [3.05, 3.63) is 199 Å². The van der Waals surface area contributed by atoms with Crippen LogP contribution in [0.2, 0.25) is 0 Å².